The molecule has 0 aromatic heterocycles. The quantitative estimate of drug-likeness (QED) is 0.511. The Bertz CT molecular complexity index is 847. The standard InChI is InChI=1S/C21H18INO2/c1-23(20-10-6-5-9-19(20)22)21(24)17-11-13-18(14-12-17)25-15-16-7-3-2-4-8-16/h2-14H,15H2,1H3. The smallest absolute Gasteiger partial charge is 0.258 e. The largest absolute Gasteiger partial charge is 0.489 e. The number of hydrogen-bond acceptors (Lipinski definition) is 2. The van der Waals surface area contributed by atoms with Crippen molar-refractivity contribution in [3.63, 3.8) is 0 Å². The molecule has 0 aliphatic heterocycles. The molecule has 0 fully saturated rings. The van der Waals surface area contributed by atoms with E-state index in [2.05, 4.69) is 22.6 Å². The Morgan fingerprint density at radius 2 is 1.56 bits per heavy atom. The summed E-state index contributed by atoms with van der Waals surface area (Å²) in [6.45, 7) is 0.510. The second kappa shape index (κ2) is 8.16. The Morgan fingerprint density at radius 1 is 0.920 bits per heavy atom. The number of anilines is 1. The van der Waals surface area contributed by atoms with E-state index in [1.807, 2.05) is 66.7 Å². The molecule has 3 rings (SSSR count). The Morgan fingerprint density at radius 3 is 2.24 bits per heavy atom. The molecule has 0 atom stereocenters. The van der Waals surface area contributed by atoms with Crippen molar-refractivity contribution in [3.05, 3.63) is 93.6 Å². The first kappa shape index (κ1) is 17.5. The van der Waals surface area contributed by atoms with Crippen LogP contribution in [0.15, 0.2) is 78.9 Å². The Hall–Kier alpha value is -2.34. The van der Waals surface area contributed by atoms with Crippen molar-refractivity contribution >= 4 is 34.2 Å². The summed E-state index contributed by atoms with van der Waals surface area (Å²) in [5.41, 5.74) is 2.65. The van der Waals surface area contributed by atoms with Gasteiger partial charge in [0.15, 0.2) is 0 Å². The van der Waals surface area contributed by atoms with Crippen molar-refractivity contribution < 1.29 is 9.53 Å². The van der Waals surface area contributed by atoms with Crippen molar-refractivity contribution in [2.24, 2.45) is 0 Å². The first-order valence-corrected chi connectivity index (χ1v) is 9.02. The fraction of sp³-hybridized carbons (Fsp3) is 0.0952. The van der Waals surface area contributed by atoms with E-state index in [-0.39, 0.29) is 5.91 Å². The zero-order chi connectivity index (χ0) is 17.6. The summed E-state index contributed by atoms with van der Waals surface area (Å²) in [6.07, 6.45) is 0. The molecular weight excluding hydrogens is 425 g/mol. The monoisotopic (exact) mass is 443 g/mol. The van der Waals surface area contributed by atoms with Crippen LogP contribution in [0.5, 0.6) is 5.75 Å². The van der Waals surface area contributed by atoms with Crippen LogP contribution >= 0.6 is 22.6 Å². The number of hydrogen-bond donors (Lipinski definition) is 0. The lowest BCUT2D eigenvalue weighted by Gasteiger charge is -2.19. The Balaban J connectivity index is 1.67. The molecule has 0 unspecified atom stereocenters. The van der Waals surface area contributed by atoms with Crippen LogP contribution in [0.1, 0.15) is 15.9 Å². The minimum Gasteiger partial charge on any atom is -0.489 e. The maximum atomic E-state index is 12.7. The molecule has 4 heteroatoms. The molecule has 0 radical (unpaired) electrons. The van der Waals surface area contributed by atoms with Gasteiger partial charge in [-0.05, 0) is 64.6 Å². The van der Waals surface area contributed by atoms with Crippen molar-refractivity contribution in [2.75, 3.05) is 11.9 Å². The van der Waals surface area contributed by atoms with E-state index >= 15 is 0 Å². The Labute approximate surface area is 161 Å². The van der Waals surface area contributed by atoms with Gasteiger partial charge in [0.05, 0.1) is 5.69 Å². The van der Waals surface area contributed by atoms with Gasteiger partial charge in [-0.3, -0.25) is 4.79 Å². The van der Waals surface area contributed by atoms with Gasteiger partial charge in [-0.1, -0.05) is 42.5 Å². The lowest BCUT2D eigenvalue weighted by Crippen LogP contribution is -2.26. The second-order valence-corrected chi connectivity index (χ2v) is 6.78. The minimum absolute atomic E-state index is 0.0428. The van der Waals surface area contributed by atoms with E-state index in [1.54, 1.807) is 24.1 Å². The van der Waals surface area contributed by atoms with Crippen LogP contribution in [-0.2, 0) is 6.61 Å². The van der Waals surface area contributed by atoms with Crippen LogP contribution in [0, 0.1) is 3.57 Å². The molecule has 0 spiro atoms. The van der Waals surface area contributed by atoms with Gasteiger partial charge in [-0.2, -0.15) is 0 Å². The van der Waals surface area contributed by atoms with Gasteiger partial charge < -0.3 is 9.64 Å². The number of amides is 1. The molecule has 0 saturated carbocycles. The summed E-state index contributed by atoms with van der Waals surface area (Å²) in [7, 11) is 1.79. The van der Waals surface area contributed by atoms with Crippen molar-refractivity contribution in [2.45, 2.75) is 6.61 Å². The maximum absolute atomic E-state index is 12.7. The number of halogens is 1. The van der Waals surface area contributed by atoms with Gasteiger partial charge in [0.1, 0.15) is 12.4 Å². The van der Waals surface area contributed by atoms with Crippen molar-refractivity contribution in [3.8, 4) is 5.75 Å². The van der Waals surface area contributed by atoms with E-state index in [9.17, 15) is 4.79 Å². The van der Waals surface area contributed by atoms with Gasteiger partial charge >= 0.3 is 0 Å². The molecule has 3 nitrogen and oxygen atoms in total. The lowest BCUT2D eigenvalue weighted by atomic mass is 10.2. The molecule has 126 valence electrons. The van der Waals surface area contributed by atoms with Crippen LogP contribution in [-0.4, -0.2) is 13.0 Å². The normalized spacial score (nSPS) is 10.3. The number of para-hydroxylation sites is 1. The van der Waals surface area contributed by atoms with Crippen LogP contribution in [0.25, 0.3) is 0 Å². The highest BCUT2D eigenvalue weighted by Crippen LogP contribution is 2.23. The van der Waals surface area contributed by atoms with Gasteiger partial charge in [-0.15, -0.1) is 0 Å². The van der Waals surface area contributed by atoms with Gasteiger partial charge in [0.25, 0.3) is 5.91 Å². The molecule has 3 aromatic rings. The summed E-state index contributed by atoms with van der Waals surface area (Å²) in [4.78, 5) is 14.3. The third kappa shape index (κ3) is 4.39. The maximum Gasteiger partial charge on any atom is 0.258 e. The first-order valence-electron chi connectivity index (χ1n) is 7.94. The Kier molecular flexibility index (Phi) is 5.71. The molecule has 0 N–H and O–H groups in total. The predicted molar refractivity (Wildman–Crippen MR) is 109 cm³/mol. The number of carbonyl (C=O) groups excluding carboxylic acids is 1. The highest BCUT2D eigenvalue weighted by Gasteiger charge is 2.15. The zero-order valence-corrected chi connectivity index (χ0v) is 16.0. The van der Waals surface area contributed by atoms with Crippen molar-refractivity contribution in [1.82, 2.24) is 0 Å². The third-order valence-corrected chi connectivity index (χ3v) is 4.78. The molecule has 25 heavy (non-hydrogen) atoms. The highest BCUT2D eigenvalue weighted by atomic mass is 127. The fourth-order valence-electron chi connectivity index (χ4n) is 2.46. The predicted octanol–water partition coefficient (Wildman–Crippen LogP) is 5.15. The average molecular weight is 443 g/mol. The second-order valence-electron chi connectivity index (χ2n) is 5.61. The summed E-state index contributed by atoms with van der Waals surface area (Å²) in [6, 6.07) is 25.1. The molecule has 1 amide bonds. The number of rotatable bonds is 5. The molecule has 0 saturated heterocycles. The fourth-order valence-corrected chi connectivity index (χ4v) is 3.21. The molecule has 3 aromatic carbocycles. The minimum atomic E-state index is -0.0428. The van der Waals surface area contributed by atoms with Gasteiger partial charge in [-0.25, -0.2) is 0 Å². The van der Waals surface area contributed by atoms with E-state index < -0.39 is 0 Å². The van der Waals surface area contributed by atoms with E-state index in [1.165, 1.54) is 0 Å². The number of ether oxygens (including phenoxy) is 1. The molecular formula is C21H18INO2. The molecule has 0 bridgehead atoms. The SMILES string of the molecule is CN(C(=O)c1ccc(OCc2ccccc2)cc1)c1ccccc1I. The summed E-state index contributed by atoms with van der Waals surface area (Å²) >= 11 is 2.24. The molecule has 0 aliphatic carbocycles. The number of nitrogens with zero attached hydrogens (tertiary/aromatic N) is 1. The molecule has 0 aliphatic rings. The van der Waals surface area contributed by atoms with E-state index in [0.29, 0.717) is 12.2 Å². The summed E-state index contributed by atoms with van der Waals surface area (Å²) in [5.74, 6) is 0.705. The number of carbonyl (C=O) groups is 1. The van der Waals surface area contributed by atoms with Crippen LogP contribution in [0.3, 0.4) is 0 Å². The number of benzene rings is 3. The van der Waals surface area contributed by atoms with Crippen LogP contribution < -0.4 is 9.64 Å². The van der Waals surface area contributed by atoms with Crippen molar-refractivity contribution in [1.29, 1.82) is 0 Å². The average Bonchev–Trinajstić information content (AvgIpc) is 2.67. The summed E-state index contributed by atoms with van der Waals surface area (Å²) < 4.78 is 6.81. The van der Waals surface area contributed by atoms with Gasteiger partial charge in [0.2, 0.25) is 0 Å². The van der Waals surface area contributed by atoms with E-state index in [4.69, 9.17) is 4.74 Å². The molecule has 0 heterocycles. The first-order chi connectivity index (χ1) is 12.1. The van der Waals surface area contributed by atoms with Crippen LogP contribution in [0.4, 0.5) is 5.69 Å². The van der Waals surface area contributed by atoms with Crippen LogP contribution in [0.2, 0.25) is 0 Å². The summed E-state index contributed by atoms with van der Waals surface area (Å²) in [5, 5.41) is 0. The van der Waals surface area contributed by atoms with Gasteiger partial charge in [0, 0.05) is 16.2 Å². The van der Waals surface area contributed by atoms with E-state index in [0.717, 1.165) is 20.6 Å². The highest BCUT2D eigenvalue weighted by molar-refractivity contribution is 14.1. The topological polar surface area (TPSA) is 29.5 Å². The lowest BCUT2D eigenvalue weighted by molar-refractivity contribution is 0.0993. The zero-order valence-electron chi connectivity index (χ0n) is 13.9. The third-order valence-electron chi connectivity index (χ3n) is 3.87.